The number of hydrogen-bond donors (Lipinski definition) is 1. The highest BCUT2D eigenvalue weighted by molar-refractivity contribution is 7.89. The van der Waals surface area contributed by atoms with Crippen LogP contribution in [0.5, 0.6) is 0 Å². The van der Waals surface area contributed by atoms with E-state index in [1.54, 1.807) is 31.2 Å². The van der Waals surface area contributed by atoms with Crippen molar-refractivity contribution in [2.75, 3.05) is 11.9 Å². The average Bonchev–Trinajstić information content (AvgIpc) is 3.41. The van der Waals surface area contributed by atoms with E-state index in [9.17, 15) is 17.6 Å². The van der Waals surface area contributed by atoms with Crippen LogP contribution in [0.15, 0.2) is 47.4 Å². The third-order valence-corrected chi connectivity index (χ3v) is 8.29. The predicted octanol–water partition coefficient (Wildman–Crippen LogP) is 4.42. The molecule has 7 nitrogen and oxygen atoms in total. The summed E-state index contributed by atoms with van der Waals surface area (Å²) in [5.41, 5.74) is 1.02. The number of carbonyl (C=O) groups excluding carboxylic acids is 1. The lowest BCUT2D eigenvalue weighted by Crippen LogP contribution is -2.31. The first-order valence-corrected chi connectivity index (χ1v) is 12.1. The van der Waals surface area contributed by atoms with Crippen molar-refractivity contribution < 1.29 is 17.6 Å². The van der Waals surface area contributed by atoms with Gasteiger partial charge < -0.3 is 5.32 Å². The summed E-state index contributed by atoms with van der Waals surface area (Å²) < 4.78 is 41.5. The monoisotopic (exact) mass is 480 g/mol. The van der Waals surface area contributed by atoms with Crippen LogP contribution in [-0.2, 0) is 10.0 Å². The molecule has 0 unspecified atom stereocenters. The van der Waals surface area contributed by atoms with Crippen LogP contribution in [0.4, 0.5) is 10.1 Å². The van der Waals surface area contributed by atoms with Gasteiger partial charge in [0.1, 0.15) is 10.8 Å². The van der Waals surface area contributed by atoms with E-state index in [0.717, 1.165) is 17.4 Å². The van der Waals surface area contributed by atoms with Gasteiger partial charge in [-0.2, -0.15) is 4.31 Å². The highest BCUT2D eigenvalue weighted by atomic mass is 35.5. The number of amides is 1. The Balaban J connectivity index is 1.57. The molecular formula is C20H18ClFN4O3S2. The molecule has 1 aliphatic rings. The fourth-order valence-corrected chi connectivity index (χ4v) is 6.41. The molecule has 31 heavy (non-hydrogen) atoms. The molecule has 11 heteroatoms. The third kappa shape index (κ3) is 4.47. The van der Waals surface area contributed by atoms with Crippen molar-refractivity contribution >= 4 is 44.6 Å². The molecule has 1 N–H and O–H groups in total. The van der Waals surface area contributed by atoms with Gasteiger partial charge in [0.15, 0.2) is 0 Å². The predicted molar refractivity (Wildman–Crippen MR) is 116 cm³/mol. The Morgan fingerprint density at radius 1 is 1.23 bits per heavy atom. The number of nitrogens with zero attached hydrogens (tertiary/aromatic N) is 3. The van der Waals surface area contributed by atoms with Gasteiger partial charge in [-0.15, -0.1) is 10.2 Å². The molecule has 0 radical (unpaired) electrons. The van der Waals surface area contributed by atoms with E-state index in [1.165, 1.54) is 16.4 Å². The van der Waals surface area contributed by atoms with Crippen molar-refractivity contribution in [3.8, 4) is 0 Å². The fraction of sp³-hybridized carbons (Fsp3) is 0.250. The van der Waals surface area contributed by atoms with Gasteiger partial charge in [0.25, 0.3) is 5.91 Å². The maximum absolute atomic E-state index is 13.7. The summed E-state index contributed by atoms with van der Waals surface area (Å²) in [5.74, 6) is -1.06. The van der Waals surface area contributed by atoms with Crippen LogP contribution in [0.1, 0.15) is 39.3 Å². The Bertz CT molecular complexity index is 1230. The SMILES string of the molecule is Cc1ccc(F)cc1S(=O)(=O)N1CCC[C@H]1c1nnc(C(=O)Nc2ccc(Cl)cc2)s1. The van der Waals surface area contributed by atoms with Gasteiger partial charge in [-0.1, -0.05) is 29.0 Å². The average molecular weight is 481 g/mol. The van der Waals surface area contributed by atoms with Crippen LogP contribution in [-0.4, -0.2) is 35.4 Å². The molecule has 0 aliphatic carbocycles. The molecule has 3 aromatic rings. The van der Waals surface area contributed by atoms with Crippen LogP contribution in [0.25, 0.3) is 0 Å². The number of hydrogen-bond acceptors (Lipinski definition) is 6. The standard InChI is InChI=1S/C20H18ClFN4O3S2/c1-12-4-7-14(22)11-17(12)31(28,29)26-10-2-3-16(26)19-24-25-20(30-19)18(27)23-15-8-5-13(21)6-9-15/h4-9,11,16H,2-3,10H2,1H3,(H,23,27)/t16-/m0/s1. The number of carbonyl (C=O) groups is 1. The van der Waals surface area contributed by atoms with Crippen LogP contribution in [0, 0.1) is 12.7 Å². The third-order valence-electron chi connectivity index (χ3n) is 4.96. The Morgan fingerprint density at radius 3 is 2.71 bits per heavy atom. The van der Waals surface area contributed by atoms with Crippen molar-refractivity contribution in [2.45, 2.75) is 30.7 Å². The Kier molecular flexibility index (Phi) is 6.07. The minimum Gasteiger partial charge on any atom is -0.320 e. The lowest BCUT2D eigenvalue weighted by Gasteiger charge is -2.23. The zero-order valence-electron chi connectivity index (χ0n) is 16.4. The molecule has 1 saturated heterocycles. The zero-order valence-corrected chi connectivity index (χ0v) is 18.8. The minimum atomic E-state index is -3.93. The van der Waals surface area contributed by atoms with Gasteiger partial charge in [-0.25, -0.2) is 12.8 Å². The summed E-state index contributed by atoms with van der Waals surface area (Å²) in [6, 6.07) is 9.77. The van der Waals surface area contributed by atoms with Crippen molar-refractivity contribution in [3.05, 3.63) is 68.9 Å². The van der Waals surface area contributed by atoms with E-state index in [-0.39, 0.29) is 16.4 Å². The van der Waals surface area contributed by atoms with Crippen molar-refractivity contribution in [1.29, 1.82) is 0 Å². The molecule has 2 heterocycles. The number of sulfonamides is 1. The molecule has 1 amide bonds. The smallest absolute Gasteiger partial charge is 0.286 e. The molecule has 1 atom stereocenters. The minimum absolute atomic E-state index is 0.0652. The lowest BCUT2D eigenvalue weighted by molar-refractivity contribution is 0.102. The number of nitrogens with one attached hydrogen (secondary N) is 1. The molecule has 4 rings (SSSR count). The highest BCUT2D eigenvalue weighted by Crippen LogP contribution is 2.38. The van der Waals surface area contributed by atoms with Crippen LogP contribution >= 0.6 is 22.9 Å². The second-order valence-corrected chi connectivity index (χ2v) is 10.4. The van der Waals surface area contributed by atoms with E-state index in [1.807, 2.05) is 0 Å². The van der Waals surface area contributed by atoms with Crippen LogP contribution in [0.2, 0.25) is 5.02 Å². The van der Waals surface area contributed by atoms with Gasteiger partial charge in [0.05, 0.1) is 10.9 Å². The molecule has 2 aromatic carbocycles. The Morgan fingerprint density at radius 2 is 1.97 bits per heavy atom. The summed E-state index contributed by atoms with van der Waals surface area (Å²) in [7, 11) is -3.93. The molecule has 162 valence electrons. The maximum atomic E-state index is 13.7. The van der Waals surface area contributed by atoms with E-state index in [2.05, 4.69) is 15.5 Å². The second-order valence-electron chi connectivity index (χ2n) is 7.09. The van der Waals surface area contributed by atoms with E-state index in [4.69, 9.17) is 11.6 Å². The summed E-state index contributed by atoms with van der Waals surface area (Å²) in [5, 5.41) is 11.8. The summed E-state index contributed by atoms with van der Waals surface area (Å²) in [6.45, 7) is 1.91. The molecule has 0 spiro atoms. The quantitative estimate of drug-likeness (QED) is 0.583. The summed E-state index contributed by atoms with van der Waals surface area (Å²) >= 11 is 6.89. The molecule has 0 bridgehead atoms. The summed E-state index contributed by atoms with van der Waals surface area (Å²) in [6.07, 6.45) is 1.17. The molecule has 1 aromatic heterocycles. The van der Waals surface area contributed by atoms with Gasteiger partial charge in [-0.05, 0) is 61.7 Å². The fourth-order valence-electron chi connectivity index (χ4n) is 3.43. The van der Waals surface area contributed by atoms with Crippen molar-refractivity contribution in [3.63, 3.8) is 0 Å². The maximum Gasteiger partial charge on any atom is 0.286 e. The van der Waals surface area contributed by atoms with E-state index in [0.29, 0.717) is 34.1 Å². The Hall–Kier alpha value is -2.40. The number of halogens is 2. The van der Waals surface area contributed by atoms with Crippen molar-refractivity contribution in [1.82, 2.24) is 14.5 Å². The number of benzene rings is 2. The van der Waals surface area contributed by atoms with Gasteiger partial charge in [-0.3, -0.25) is 4.79 Å². The van der Waals surface area contributed by atoms with Crippen LogP contribution < -0.4 is 5.32 Å². The molecule has 1 aliphatic heterocycles. The molecule has 0 saturated carbocycles. The van der Waals surface area contributed by atoms with E-state index >= 15 is 0 Å². The van der Waals surface area contributed by atoms with Gasteiger partial charge in [0, 0.05) is 17.3 Å². The van der Waals surface area contributed by atoms with Gasteiger partial charge >= 0.3 is 0 Å². The second kappa shape index (κ2) is 8.62. The zero-order chi connectivity index (χ0) is 22.2. The first-order chi connectivity index (χ1) is 14.8. The van der Waals surface area contributed by atoms with Gasteiger partial charge in [0.2, 0.25) is 15.0 Å². The van der Waals surface area contributed by atoms with E-state index < -0.39 is 27.8 Å². The lowest BCUT2D eigenvalue weighted by atomic mass is 10.2. The number of aryl methyl sites for hydroxylation is 1. The van der Waals surface area contributed by atoms with Crippen molar-refractivity contribution in [2.24, 2.45) is 0 Å². The largest absolute Gasteiger partial charge is 0.320 e. The highest BCUT2D eigenvalue weighted by Gasteiger charge is 2.39. The number of aromatic nitrogens is 2. The van der Waals surface area contributed by atoms with Crippen LogP contribution in [0.3, 0.4) is 0 Å². The molecule has 1 fully saturated rings. The first-order valence-electron chi connectivity index (χ1n) is 9.44. The Labute approximate surface area is 187 Å². The normalized spacial score (nSPS) is 17.1. The number of anilines is 1. The number of rotatable bonds is 5. The first kappa shape index (κ1) is 21.8. The summed E-state index contributed by atoms with van der Waals surface area (Å²) in [4.78, 5) is 12.4. The molecular weight excluding hydrogens is 463 g/mol. The topological polar surface area (TPSA) is 92.3 Å².